The minimum Gasteiger partial charge on any atom is -0.345 e. The lowest BCUT2D eigenvalue weighted by atomic mass is 10.00. The van der Waals surface area contributed by atoms with Crippen LogP contribution in [0.3, 0.4) is 0 Å². The first-order valence-corrected chi connectivity index (χ1v) is 6.70. The van der Waals surface area contributed by atoms with Gasteiger partial charge in [-0.15, -0.1) is 0 Å². The van der Waals surface area contributed by atoms with E-state index in [0.29, 0.717) is 0 Å². The Morgan fingerprint density at radius 2 is 2.00 bits per heavy atom. The van der Waals surface area contributed by atoms with Crippen LogP contribution < -0.4 is 5.32 Å². The molecule has 98 valence electrons. The van der Waals surface area contributed by atoms with Crippen molar-refractivity contribution in [1.82, 2.24) is 10.2 Å². The van der Waals surface area contributed by atoms with Gasteiger partial charge in [0, 0.05) is 6.04 Å². The van der Waals surface area contributed by atoms with Crippen molar-refractivity contribution in [3.8, 4) is 0 Å². The summed E-state index contributed by atoms with van der Waals surface area (Å²) in [6.07, 6.45) is 5.29. The Morgan fingerprint density at radius 3 is 2.59 bits per heavy atom. The van der Waals surface area contributed by atoms with Crippen LogP contribution in [0.15, 0.2) is 0 Å². The molecule has 1 aliphatic heterocycles. The van der Waals surface area contributed by atoms with Crippen molar-refractivity contribution >= 4 is 11.8 Å². The summed E-state index contributed by atoms with van der Waals surface area (Å²) in [6.45, 7) is 6.26. The lowest BCUT2D eigenvalue weighted by Gasteiger charge is -2.39. The Morgan fingerprint density at radius 1 is 1.29 bits per heavy atom. The molecule has 1 N–H and O–H groups in total. The molecule has 4 heteroatoms. The maximum Gasteiger partial charge on any atom is 0.242 e. The molecule has 2 unspecified atom stereocenters. The molecule has 2 atom stereocenters. The van der Waals surface area contributed by atoms with Crippen LogP contribution in [-0.4, -0.2) is 35.3 Å². The van der Waals surface area contributed by atoms with E-state index in [9.17, 15) is 9.59 Å². The third-order valence-electron chi connectivity index (χ3n) is 3.40. The van der Waals surface area contributed by atoms with Crippen LogP contribution in [0, 0.1) is 0 Å². The molecular formula is C13H24N2O2. The van der Waals surface area contributed by atoms with Gasteiger partial charge in [0.25, 0.3) is 0 Å². The molecule has 0 aromatic heterocycles. The average molecular weight is 240 g/mol. The molecule has 1 aliphatic rings. The predicted octanol–water partition coefficient (Wildman–Crippen LogP) is 1.69. The molecule has 1 heterocycles. The predicted molar refractivity (Wildman–Crippen MR) is 67.5 cm³/mol. The number of hydrogen-bond donors (Lipinski definition) is 1. The van der Waals surface area contributed by atoms with Gasteiger partial charge < -0.3 is 10.2 Å². The number of amides is 2. The second kappa shape index (κ2) is 6.62. The molecule has 2 amide bonds. The first-order chi connectivity index (χ1) is 8.11. The third kappa shape index (κ3) is 3.45. The van der Waals surface area contributed by atoms with Crippen molar-refractivity contribution in [2.75, 3.05) is 6.54 Å². The standard InChI is InChI=1S/C13H24N2O2/c1-4-6-8-11(7-5-2)15-10(3)13(17)14-9-12(15)16/h10-11H,4-9H2,1-3H3,(H,14,17). The summed E-state index contributed by atoms with van der Waals surface area (Å²) in [5, 5.41) is 2.63. The van der Waals surface area contributed by atoms with Gasteiger partial charge in [-0.25, -0.2) is 0 Å². The van der Waals surface area contributed by atoms with Gasteiger partial charge in [0.2, 0.25) is 11.8 Å². The number of piperazine rings is 1. The van der Waals surface area contributed by atoms with Crippen molar-refractivity contribution < 1.29 is 9.59 Å². The Kier molecular flexibility index (Phi) is 5.45. The summed E-state index contributed by atoms with van der Waals surface area (Å²) in [6, 6.07) is -0.0850. The highest BCUT2D eigenvalue weighted by molar-refractivity contribution is 5.94. The smallest absolute Gasteiger partial charge is 0.242 e. The number of unbranched alkanes of at least 4 members (excludes halogenated alkanes) is 1. The highest BCUT2D eigenvalue weighted by atomic mass is 16.2. The summed E-state index contributed by atoms with van der Waals surface area (Å²) >= 11 is 0. The van der Waals surface area contributed by atoms with E-state index in [1.165, 1.54) is 0 Å². The van der Waals surface area contributed by atoms with E-state index in [2.05, 4.69) is 19.2 Å². The van der Waals surface area contributed by atoms with Gasteiger partial charge in [-0.05, 0) is 19.8 Å². The van der Waals surface area contributed by atoms with E-state index in [1.54, 1.807) is 4.90 Å². The molecule has 0 aliphatic carbocycles. The summed E-state index contributed by atoms with van der Waals surface area (Å²) in [7, 11) is 0. The highest BCUT2D eigenvalue weighted by Gasteiger charge is 2.35. The molecule has 1 saturated heterocycles. The van der Waals surface area contributed by atoms with Crippen molar-refractivity contribution in [3.63, 3.8) is 0 Å². The Hall–Kier alpha value is -1.06. The summed E-state index contributed by atoms with van der Waals surface area (Å²) < 4.78 is 0. The quantitative estimate of drug-likeness (QED) is 0.768. The molecule has 0 spiro atoms. The van der Waals surface area contributed by atoms with E-state index in [1.807, 2.05) is 6.92 Å². The number of nitrogens with zero attached hydrogens (tertiary/aromatic N) is 1. The average Bonchev–Trinajstić information content (AvgIpc) is 2.31. The Balaban J connectivity index is 2.74. The van der Waals surface area contributed by atoms with Crippen molar-refractivity contribution in [2.45, 2.75) is 65.0 Å². The van der Waals surface area contributed by atoms with Gasteiger partial charge in [-0.3, -0.25) is 9.59 Å². The lowest BCUT2D eigenvalue weighted by Crippen LogP contribution is -2.60. The third-order valence-corrected chi connectivity index (χ3v) is 3.40. The first-order valence-electron chi connectivity index (χ1n) is 6.70. The van der Waals surface area contributed by atoms with E-state index in [4.69, 9.17) is 0 Å². The van der Waals surface area contributed by atoms with Crippen LogP contribution in [0.5, 0.6) is 0 Å². The fourth-order valence-electron chi connectivity index (χ4n) is 2.46. The SMILES string of the molecule is CCCCC(CCC)N1C(=O)CNC(=O)C1C. The Bertz CT molecular complexity index is 279. The number of hydrogen-bond acceptors (Lipinski definition) is 2. The number of rotatable bonds is 6. The second-order valence-electron chi connectivity index (χ2n) is 4.78. The van der Waals surface area contributed by atoms with Gasteiger partial charge in [-0.2, -0.15) is 0 Å². The van der Waals surface area contributed by atoms with Crippen molar-refractivity contribution in [2.24, 2.45) is 0 Å². The fraction of sp³-hybridized carbons (Fsp3) is 0.846. The molecule has 1 fully saturated rings. The van der Waals surface area contributed by atoms with E-state index in [0.717, 1.165) is 32.1 Å². The normalized spacial score (nSPS) is 22.5. The molecular weight excluding hydrogens is 216 g/mol. The van der Waals surface area contributed by atoms with Crippen LogP contribution in [0.2, 0.25) is 0 Å². The maximum absolute atomic E-state index is 11.9. The molecule has 0 aromatic rings. The van der Waals surface area contributed by atoms with Gasteiger partial charge in [0.05, 0.1) is 6.54 Å². The topological polar surface area (TPSA) is 49.4 Å². The van der Waals surface area contributed by atoms with Gasteiger partial charge in [0.1, 0.15) is 6.04 Å². The van der Waals surface area contributed by atoms with Gasteiger partial charge in [0.15, 0.2) is 0 Å². The summed E-state index contributed by atoms with van der Waals surface area (Å²) in [4.78, 5) is 25.4. The molecule has 0 aromatic carbocycles. The summed E-state index contributed by atoms with van der Waals surface area (Å²) in [5.74, 6) is 0.0360. The van der Waals surface area contributed by atoms with Crippen LogP contribution in [0.1, 0.15) is 52.9 Å². The molecule has 0 bridgehead atoms. The van der Waals surface area contributed by atoms with Crippen LogP contribution in [0.4, 0.5) is 0 Å². The number of carbonyl (C=O) groups is 2. The van der Waals surface area contributed by atoms with Crippen LogP contribution >= 0.6 is 0 Å². The number of nitrogens with one attached hydrogen (secondary N) is 1. The van der Waals surface area contributed by atoms with Gasteiger partial charge >= 0.3 is 0 Å². The fourth-order valence-corrected chi connectivity index (χ4v) is 2.46. The zero-order valence-corrected chi connectivity index (χ0v) is 11.2. The first kappa shape index (κ1) is 14.0. The molecule has 0 radical (unpaired) electrons. The van der Waals surface area contributed by atoms with E-state index < -0.39 is 0 Å². The minimum atomic E-state index is -0.315. The molecule has 1 rings (SSSR count). The largest absolute Gasteiger partial charge is 0.345 e. The van der Waals surface area contributed by atoms with Crippen LogP contribution in [-0.2, 0) is 9.59 Å². The van der Waals surface area contributed by atoms with E-state index in [-0.39, 0.29) is 30.4 Å². The highest BCUT2D eigenvalue weighted by Crippen LogP contribution is 2.19. The van der Waals surface area contributed by atoms with Gasteiger partial charge in [-0.1, -0.05) is 33.1 Å². The zero-order valence-electron chi connectivity index (χ0n) is 11.2. The van der Waals surface area contributed by atoms with E-state index >= 15 is 0 Å². The zero-order chi connectivity index (χ0) is 12.8. The molecule has 17 heavy (non-hydrogen) atoms. The van der Waals surface area contributed by atoms with Crippen molar-refractivity contribution in [3.05, 3.63) is 0 Å². The number of carbonyl (C=O) groups excluding carboxylic acids is 2. The minimum absolute atomic E-state index is 0.0257. The second-order valence-corrected chi connectivity index (χ2v) is 4.78. The monoisotopic (exact) mass is 240 g/mol. The summed E-state index contributed by atoms with van der Waals surface area (Å²) in [5.41, 5.74) is 0. The van der Waals surface area contributed by atoms with Crippen LogP contribution in [0.25, 0.3) is 0 Å². The molecule has 4 nitrogen and oxygen atoms in total. The molecule has 0 saturated carbocycles. The Labute approximate surface area is 104 Å². The maximum atomic E-state index is 11.9. The lowest BCUT2D eigenvalue weighted by molar-refractivity contribution is -0.147. The van der Waals surface area contributed by atoms with Crippen molar-refractivity contribution in [1.29, 1.82) is 0 Å².